The molecule has 0 unspecified atom stereocenters. The molecule has 0 radical (unpaired) electrons. The van der Waals surface area contributed by atoms with Gasteiger partial charge in [-0.25, -0.2) is 4.79 Å². The number of nitrogens with one attached hydrogen (secondary N) is 1. The van der Waals surface area contributed by atoms with Crippen LogP contribution in [0.2, 0.25) is 5.02 Å². The molecule has 2 aromatic carbocycles. The molecule has 0 atom stereocenters. The number of para-hydroxylation sites is 1. The molecule has 0 bridgehead atoms. The van der Waals surface area contributed by atoms with Gasteiger partial charge in [-0.2, -0.15) is 0 Å². The monoisotopic (exact) mass is 388 g/mol. The summed E-state index contributed by atoms with van der Waals surface area (Å²) in [5.41, 5.74) is 0.444. The zero-order valence-electron chi connectivity index (χ0n) is 15.0. The third-order valence-electron chi connectivity index (χ3n) is 4.45. The van der Waals surface area contributed by atoms with Crippen LogP contribution in [0.1, 0.15) is 23.2 Å². The predicted molar refractivity (Wildman–Crippen MR) is 103 cm³/mol. The molecule has 7 heteroatoms. The molecule has 2 amide bonds. The van der Waals surface area contributed by atoms with Gasteiger partial charge in [0.1, 0.15) is 11.5 Å². The number of nitrogens with zero attached hydrogens (tertiary/aromatic N) is 1. The topological polar surface area (TPSA) is 67.9 Å². The normalized spacial score (nSPS) is 14.5. The first kappa shape index (κ1) is 19.0. The van der Waals surface area contributed by atoms with Crippen molar-refractivity contribution in [2.75, 3.05) is 20.2 Å². The molecule has 0 saturated carbocycles. The molecular weight excluding hydrogens is 368 g/mol. The Hall–Kier alpha value is -2.73. The highest BCUT2D eigenvalue weighted by atomic mass is 35.5. The van der Waals surface area contributed by atoms with E-state index in [-0.39, 0.29) is 11.9 Å². The molecule has 3 rings (SSSR count). The first-order chi connectivity index (χ1) is 13.1. The Balaban J connectivity index is 1.53. The van der Waals surface area contributed by atoms with Crippen LogP contribution < -0.4 is 14.8 Å². The Bertz CT molecular complexity index is 805. The molecule has 0 aliphatic carbocycles. The van der Waals surface area contributed by atoms with Crippen molar-refractivity contribution in [1.29, 1.82) is 0 Å². The number of likely N-dealkylation sites (tertiary alicyclic amines) is 1. The van der Waals surface area contributed by atoms with Gasteiger partial charge in [0.2, 0.25) is 0 Å². The Kier molecular flexibility index (Phi) is 6.19. The van der Waals surface area contributed by atoms with Crippen LogP contribution in [-0.4, -0.2) is 43.1 Å². The number of amides is 2. The summed E-state index contributed by atoms with van der Waals surface area (Å²) in [4.78, 5) is 26.5. The van der Waals surface area contributed by atoms with Gasteiger partial charge in [-0.1, -0.05) is 29.8 Å². The maximum Gasteiger partial charge on any atom is 0.412 e. The van der Waals surface area contributed by atoms with Crippen LogP contribution in [0.4, 0.5) is 4.79 Å². The maximum atomic E-state index is 12.8. The van der Waals surface area contributed by atoms with Crippen LogP contribution in [0.25, 0.3) is 0 Å². The summed E-state index contributed by atoms with van der Waals surface area (Å²) in [5.74, 6) is 0.867. The summed E-state index contributed by atoms with van der Waals surface area (Å²) in [6.45, 7) is 1.07. The first-order valence-electron chi connectivity index (χ1n) is 8.73. The molecule has 1 N–H and O–H groups in total. The van der Waals surface area contributed by atoms with Gasteiger partial charge in [-0.15, -0.1) is 0 Å². The summed E-state index contributed by atoms with van der Waals surface area (Å²) in [7, 11) is 1.52. The Morgan fingerprint density at radius 2 is 1.81 bits per heavy atom. The predicted octanol–water partition coefficient (Wildman–Crippen LogP) is 3.74. The number of ether oxygens (including phenoxy) is 2. The molecule has 1 aliphatic heterocycles. The van der Waals surface area contributed by atoms with Crippen molar-refractivity contribution in [3.8, 4) is 11.5 Å². The minimum atomic E-state index is -0.484. The van der Waals surface area contributed by atoms with Crippen molar-refractivity contribution in [3.63, 3.8) is 0 Å². The van der Waals surface area contributed by atoms with E-state index in [4.69, 9.17) is 21.1 Å². The standard InChI is InChI=1S/C20H21ClN2O4/c1-26-18-8-7-14(21)13-17(18)19(24)23-11-9-15(10-12-23)22-20(25)27-16-5-3-2-4-6-16/h2-8,13,15H,9-12H2,1H3,(H,22,25). The zero-order chi connectivity index (χ0) is 19.2. The molecule has 0 spiro atoms. The van der Waals surface area contributed by atoms with E-state index in [1.807, 2.05) is 6.07 Å². The highest BCUT2D eigenvalue weighted by Crippen LogP contribution is 2.25. The lowest BCUT2D eigenvalue weighted by atomic mass is 10.0. The van der Waals surface area contributed by atoms with E-state index in [1.54, 1.807) is 47.4 Å². The number of carbonyl (C=O) groups is 2. The molecule has 0 aromatic heterocycles. The van der Waals surface area contributed by atoms with Crippen LogP contribution in [0.5, 0.6) is 11.5 Å². The quantitative estimate of drug-likeness (QED) is 0.866. The van der Waals surface area contributed by atoms with Crippen molar-refractivity contribution >= 4 is 23.6 Å². The van der Waals surface area contributed by atoms with Crippen molar-refractivity contribution in [2.45, 2.75) is 18.9 Å². The van der Waals surface area contributed by atoms with Gasteiger partial charge in [-0.05, 0) is 43.2 Å². The third-order valence-corrected chi connectivity index (χ3v) is 4.68. The summed E-state index contributed by atoms with van der Waals surface area (Å²) >= 11 is 6.02. The molecule has 142 valence electrons. The highest BCUT2D eigenvalue weighted by molar-refractivity contribution is 6.31. The summed E-state index contributed by atoms with van der Waals surface area (Å²) in [6, 6.07) is 13.9. The van der Waals surface area contributed by atoms with Crippen LogP contribution >= 0.6 is 11.6 Å². The number of rotatable bonds is 4. The van der Waals surface area contributed by atoms with Crippen LogP contribution in [-0.2, 0) is 0 Å². The van der Waals surface area contributed by atoms with Gasteiger partial charge in [0, 0.05) is 24.2 Å². The SMILES string of the molecule is COc1ccc(Cl)cc1C(=O)N1CCC(NC(=O)Oc2ccccc2)CC1. The molecule has 2 aromatic rings. The number of hydrogen-bond donors (Lipinski definition) is 1. The molecule has 27 heavy (non-hydrogen) atoms. The second kappa shape index (κ2) is 8.77. The number of halogens is 1. The number of piperidine rings is 1. The van der Waals surface area contributed by atoms with Gasteiger partial charge in [0.25, 0.3) is 5.91 Å². The molecule has 1 fully saturated rings. The van der Waals surface area contributed by atoms with E-state index in [1.165, 1.54) is 7.11 Å². The number of methoxy groups -OCH3 is 1. The average Bonchev–Trinajstić information content (AvgIpc) is 2.68. The van der Waals surface area contributed by atoms with Gasteiger partial charge >= 0.3 is 6.09 Å². The molecular formula is C20H21ClN2O4. The van der Waals surface area contributed by atoms with E-state index in [0.717, 1.165) is 0 Å². The van der Waals surface area contributed by atoms with E-state index in [0.29, 0.717) is 48.0 Å². The lowest BCUT2D eigenvalue weighted by Gasteiger charge is -2.32. The van der Waals surface area contributed by atoms with Gasteiger partial charge in [0.15, 0.2) is 0 Å². The van der Waals surface area contributed by atoms with Crippen molar-refractivity contribution in [1.82, 2.24) is 10.2 Å². The van der Waals surface area contributed by atoms with Crippen LogP contribution in [0, 0.1) is 0 Å². The van der Waals surface area contributed by atoms with E-state index >= 15 is 0 Å². The Labute approximate surface area is 163 Å². The Morgan fingerprint density at radius 1 is 1.11 bits per heavy atom. The lowest BCUT2D eigenvalue weighted by Crippen LogP contribution is -2.47. The maximum absolute atomic E-state index is 12.8. The largest absolute Gasteiger partial charge is 0.496 e. The highest BCUT2D eigenvalue weighted by Gasteiger charge is 2.26. The summed E-state index contributed by atoms with van der Waals surface area (Å²) in [5, 5.41) is 3.34. The zero-order valence-corrected chi connectivity index (χ0v) is 15.7. The van der Waals surface area contributed by atoms with Gasteiger partial charge < -0.3 is 19.7 Å². The van der Waals surface area contributed by atoms with Crippen LogP contribution in [0.3, 0.4) is 0 Å². The average molecular weight is 389 g/mol. The summed E-state index contributed by atoms with van der Waals surface area (Å²) in [6.07, 6.45) is 0.819. The van der Waals surface area contributed by atoms with Gasteiger partial charge in [0.05, 0.1) is 12.7 Å². The minimum Gasteiger partial charge on any atom is -0.496 e. The molecule has 1 aliphatic rings. The first-order valence-corrected chi connectivity index (χ1v) is 9.11. The second-order valence-corrected chi connectivity index (χ2v) is 6.69. The van der Waals surface area contributed by atoms with E-state index < -0.39 is 6.09 Å². The smallest absolute Gasteiger partial charge is 0.412 e. The number of hydrogen-bond acceptors (Lipinski definition) is 4. The van der Waals surface area contributed by atoms with Gasteiger partial charge in [-0.3, -0.25) is 4.79 Å². The molecule has 6 nitrogen and oxygen atoms in total. The Morgan fingerprint density at radius 3 is 2.48 bits per heavy atom. The third kappa shape index (κ3) is 4.92. The molecule has 1 heterocycles. The van der Waals surface area contributed by atoms with Crippen LogP contribution in [0.15, 0.2) is 48.5 Å². The lowest BCUT2D eigenvalue weighted by molar-refractivity contribution is 0.0703. The van der Waals surface area contributed by atoms with Crippen molar-refractivity contribution < 1.29 is 19.1 Å². The van der Waals surface area contributed by atoms with Crippen molar-refractivity contribution in [2.24, 2.45) is 0 Å². The molecule has 1 saturated heterocycles. The fraction of sp³-hybridized carbons (Fsp3) is 0.300. The van der Waals surface area contributed by atoms with E-state index in [9.17, 15) is 9.59 Å². The second-order valence-electron chi connectivity index (χ2n) is 6.26. The number of benzene rings is 2. The van der Waals surface area contributed by atoms with Crippen molar-refractivity contribution in [3.05, 3.63) is 59.1 Å². The minimum absolute atomic E-state index is 0.0356. The fourth-order valence-corrected chi connectivity index (χ4v) is 3.21. The van der Waals surface area contributed by atoms with E-state index in [2.05, 4.69) is 5.32 Å². The fourth-order valence-electron chi connectivity index (χ4n) is 3.04. The summed E-state index contributed by atoms with van der Waals surface area (Å²) < 4.78 is 10.5. The number of carbonyl (C=O) groups excluding carboxylic acids is 2.